The minimum Gasteiger partial charge on any atom is -0.454 e. The van der Waals surface area contributed by atoms with Gasteiger partial charge in [0.2, 0.25) is 0 Å². The van der Waals surface area contributed by atoms with E-state index in [1.54, 1.807) is 0 Å². The van der Waals surface area contributed by atoms with E-state index in [9.17, 15) is 0 Å². The Labute approximate surface area is 285 Å². The van der Waals surface area contributed by atoms with Crippen molar-refractivity contribution in [2.45, 2.75) is 19.3 Å². The second kappa shape index (κ2) is 10.4. The zero-order chi connectivity index (χ0) is 32.7. The lowest BCUT2D eigenvalue weighted by molar-refractivity contribution is 0.660. The van der Waals surface area contributed by atoms with Crippen LogP contribution >= 0.6 is 0 Å². The number of rotatable bonds is 4. The first-order valence-electron chi connectivity index (χ1n) is 17.0. The predicted octanol–water partition coefficient (Wildman–Crippen LogP) is 13.3. The van der Waals surface area contributed by atoms with Gasteiger partial charge in [-0.25, -0.2) is 0 Å². The molecule has 0 atom stereocenters. The van der Waals surface area contributed by atoms with E-state index in [1.807, 2.05) is 0 Å². The maximum absolute atomic E-state index is 7.01. The molecule has 232 valence electrons. The number of benzene rings is 8. The molecule has 1 aliphatic carbocycles. The molecule has 0 N–H and O–H groups in total. The Bertz CT molecular complexity index is 2750. The summed E-state index contributed by atoms with van der Waals surface area (Å²) in [5.74, 6) is 0. The molecule has 49 heavy (non-hydrogen) atoms. The molecule has 10 rings (SSSR count). The molecular formula is C47H33NO. The molecule has 0 radical (unpaired) electrons. The lowest BCUT2D eigenvalue weighted by atomic mass is 9.82. The second-order valence-corrected chi connectivity index (χ2v) is 13.8. The van der Waals surface area contributed by atoms with E-state index in [2.05, 4.69) is 183 Å². The van der Waals surface area contributed by atoms with Crippen molar-refractivity contribution in [3.05, 3.63) is 175 Å². The van der Waals surface area contributed by atoms with Gasteiger partial charge < -0.3 is 9.32 Å². The first kappa shape index (κ1) is 27.9. The van der Waals surface area contributed by atoms with Crippen LogP contribution in [0.4, 0.5) is 17.1 Å². The second-order valence-electron chi connectivity index (χ2n) is 13.8. The highest BCUT2D eigenvalue weighted by Gasteiger charge is 2.36. The quantitative estimate of drug-likeness (QED) is 0.193. The van der Waals surface area contributed by atoms with Crippen LogP contribution in [0.2, 0.25) is 0 Å². The van der Waals surface area contributed by atoms with Gasteiger partial charge in [0.05, 0.1) is 5.69 Å². The van der Waals surface area contributed by atoms with Gasteiger partial charge >= 0.3 is 0 Å². The molecule has 0 aliphatic heterocycles. The lowest BCUT2D eigenvalue weighted by Crippen LogP contribution is -2.17. The molecule has 8 aromatic carbocycles. The average Bonchev–Trinajstić information content (AvgIpc) is 3.62. The van der Waals surface area contributed by atoms with Crippen LogP contribution in [0.25, 0.3) is 65.7 Å². The number of nitrogens with zero attached hydrogens (tertiary/aromatic N) is 1. The van der Waals surface area contributed by atoms with Gasteiger partial charge in [0, 0.05) is 33.1 Å². The highest BCUT2D eigenvalue weighted by molar-refractivity contribution is 6.16. The molecule has 0 spiro atoms. The summed E-state index contributed by atoms with van der Waals surface area (Å²) < 4.78 is 7.01. The topological polar surface area (TPSA) is 16.4 Å². The summed E-state index contributed by atoms with van der Waals surface area (Å²) in [6.45, 7) is 4.70. The minimum absolute atomic E-state index is 0.134. The van der Waals surface area contributed by atoms with Crippen LogP contribution in [0.3, 0.4) is 0 Å². The fourth-order valence-electron chi connectivity index (χ4n) is 8.14. The lowest BCUT2D eigenvalue weighted by Gasteiger charge is -2.30. The molecule has 0 bridgehead atoms. The van der Waals surface area contributed by atoms with Crippen LogP contribution in [0.1, 0.15) is 25.0 Å². The number of furan rings is 1. The highest BCUT2D eigenvalue weighted by Crippen LogP contribution is 2.53. The predicted molar refractivity (Wildman–Crippen MR) is 206 cm³/mol. The maximum atomic E-state index is 7.01. The number of fused-ring (bicyclic) bond motifs is 8. The molecule has 1 aliphatic rings. The number of hydrogen-bond acceptors (Lipinski definition) is 2. The monoisotopic (exact) mass is 627 g/mol. The largest absolute Gasteiger partial charge is 0.454 e. The van der Waals surface area contributed by atoms with E-state index in [4.69, 9.17) is 4.42 Å². The zero-order valence-corrected chi connectivity index (χ0v) is 27.4. The van der Waals surface area contributed by atoms with Crippen LogP contribution in [0.5, 0.6) is 0 Å². The summed E-state index contributed by atoms with van der Waals surface area (Å²) in [6, 6.07) is 59.5. The summed E-state index contributed by atoms with van der Waals surface area (Å²) in [5.41, 5.74) is 12.5. The van der Waals surface area contributed by atoms with Crippen LogP contribution in [-0.4, -0.2) is 0 Å². The Morgan fingerprint density at radius 1 is 0.449 bits per heavy atom. The third-order valence-corrected chi connectivity index (χ3v) is 10.6. The van der Waals surface area contributed by atoms with Gasteiger partial charge in [-0.05, 0) is 91.8 Å². The molecule has 0 amide bonds. The zero-order valence-electron chi connectivity index (χ0n) is 27.4. The van der Waals surface area contributed by atoms with E-state index in [0.717, 1.165) is 50.1 Å². The standard InChI is InChI=1S/C47H33NO/c1-47(2)42-19-11-10-18-38(42)39-23-22-36(29-43(39)47)48(35-21-20-30-12-6-7-15-32(30)26-35)45-37(31-13-4-3-5-14-31)24-25-40-41-27-33-16-8-9-17-34(33)28-44(41)49-46(40)45/h3-29H,1-2H3. The third kappa shape index (κ3) is 4.20. The summed E-state index contributed by atoms with van der Waals surface area (Å²) in [7, 11) is 0. The van der Waals surface area contributed by atoms with E-state index >= 15 is 0 Å². The average molecular weight is 628 g/mol. The van der Waals surface area contributed by atoms with Gasteiger partial charge in [0.15, 0.2) is 5.58 Å². The van der Waals surface area contributed by atoms with Gasteiger partial charge in [-0.3, -0.25) is 0 Å². The fraction of sp³-hybridized carbons (Fsp3) is 0.0638. The molecule has 9 aromatic rings. The van der Waals surface area contributed by atoms with Crippen molar-refractivity contribution >= 4 is 60.5 Å². The van der Waals surface area contributed by atoms with E-state index in [1.165, 1.54) is 43.8 Å². The molecule has 0 fully saturated rings. The highest BCUT2D eigenvalue weighted by atomic mass is 16.3. The van der Waals surface area contributed by atoms with Crippen molar-refractivity contribution in [2.75, 3.05) is 4.90 Å². The molecular weight excluding hydrogens is 595 g/mol. The van der Waals surface area contributed by atoms with Gasteiger partial charge in [-0.2, -0.15) is 0 Å². The van der Waals surface area contributed by atoms with Crippen molar-refractivity contribution in [3.8, 4) is 22.3 Å². The molecule has 0 unspecified atom stereocenters. The smallest absolute Gasteiger partial charge is 0.160 e. The van der Waals surface area contributed by atoms with Crippen LogP contribution in [0, 0.1) is 0 Å². The van der Waals surface area contributed by atoms with Gasteiger partial charge in [0.1, 0.15) is 5.58 Å². The molecule has 2 nitrogen and oxygen atoms in total. The Balaban J connectivity index is 1.31. The SMILES string of the molecule is CC1(C)c2ccccc2-c2ccc(N(c3ccc4ccccc4c3)c3c(-c4ccccc4)ccc4c3oc3cc5ccccc5cc34)cc21. The molecule has 1 aromatic heterocycles. The maximum Gasteiger partial charge on any atom is 0.160 e. The van der Waals surface area contributed by atoms with Crippen LogP contribution in [-0.2, 0) is 5.41 Å². The van der Waals surface area contributed by atoms with E-state index in [0.29, 0.717) is 0 Å². The van der Waals surface area contributed by atoms with Crippen LogP contribution in [0.15, 0.2) is 168 Å². The molecule has 2 heteroatoms. The number of hydrogen-bond donors (Lipinski definition) is 0. The minimum atomic E-state index is -0.134. The molecule has 0 saturated heterocycles. The van der Waals surface area contributed by atoms with Crippen molar-refractivity contribution in [3.63, 3.8) is 0 Å². The number of anilines is 3. The van der Waals surface area contributed by atoms with Crippen molar-refractivity contribution < 1.29 is 4.42 Å². The Morgan fingerprint density at radius 3 is 1.88 bits per heavy atom. The summed E-state index contributed by atoms with van der Waals surface area (Å²) >= 11 is 0. The molecule has 1 heterocycles. The summed E-state index contributed by atoms with van der Waals surface area (Å²) in [6.07, 6.45) is 0. The summed E-state index contributed by atoms with van der Waals surface area (Å²) in [5, 5.41) is 7.02. The molecule has 0 saturated carbocycles. The summed E-state index contributed by atoms with van der Waals surface area (Å²) in [4.78, 5) is 2.43. The van der Waals surface area contributed by atoms with E-state index < -0.39 is 0 Å². The van der Waals surface area contributed by atoms with Crippen molar-refractivity contribution in [1.82, 2.24) is 0 Å². The van der Waals surface area contributed by atoms with Gasteiger partial charge in [-0.1, -0.05) is 135 Å². The first-order chi connectivity index (χ1) is 24.0. The van der Waals surface area contributed by atoms with Gasteiger partial charge in [-0.15, -0.1) is 0 Å². The van der Waals surface area contributed by atoms with Crippen molar-refractivity contribution in [2.24, 2.45) is 0 Å². The third-order valence-electron chi connectivity index (χ3n) is 10.6. The fourth-order valence-corrected chi connectivity index (χ4v) is 8.14. The Kier molecular flexibility index (Phi) is 5.95. The van der Waals surface area contributed by atoms with Crippen LogP contribution < -0.4 is 4.90 Å². The Hall–Kier alpha value is -6.12. The van der Waals surface area contributed by atoms with Crippen molar-refractivity contribution in [1.29, 1.82) is 0 Å². The normalized spacial score (nSPS) is 13.3. The first-order valence-corrected chi connectivity index (χ1v) is 17.0. The van der Waals surface area contributed by atoms with Gasteiger partial charge in [0.25, 0.3) is 0 Å². The Morgan fingerprint density at radius 2 is 1.06 bits per heavy atom. The van der Waals surface area contributed by atoms with E-state index in [-0.39, 0.29) is 5.41 Å².